The average Bonchev–Trinajstić information content (AvgIpc) is 2.51. The topological polar surface area (TPSA) is 53.9 Å². The lowest BCUT2D eigenvalue weighted by atomic mass is 10.1. The number of hydrogen-bond acceptors (Lipinski definition) is 5. The number of nitrogens with zero attached hydrogens (tertiary/aromatic N) is 2. The van der Waals surface area contributed by atoms with Crippen LogP contribution in [0.2, 0.25) is 0 Å². The van der Waals surface area contributed by atoms with E-state index in [-0.39, 0.29) is 5.78 Å². The molecule has 5 heteroatoms. The van der Waals surface area contributed by atoms with Crippen LogP contribution in [0.25, 0.3) is 0 Å². The second-order valence-corrected chi connectivity index (χ2v) is 5.14. The Kier molecular flexibility index (Phi) is 8.40. The van der Waals surface area contributed by atoms with Crippen LogP contribution in [0.1, 0.15) is 20.8 Å². The number of aliphatic imine (C=N–C) groups is 1. The first kappa shape index (κ1) is 18.3. The molecule has 1 N–H and O–H groups in total. The van der Waals surface area contributed by atoms with E-state index < -0.39 is 0 Å². The van der Waals surface area contributed by atoms with Crippen molar-refractivity contribution in [2.45, 2.75) is 20.8 Å². The maximum atomic E-state index is 11.6. The highest BCUT2D eigenvalue weighted by atomic mass is 16.5. The van der Waals surface area contributed by atoms with Crippen molar-refractivity contribution in [3.63, 3.8) is 0 Å². The van der Waals surface area contributed by atoms with E-state index in [2.05, 4.69) is 15.2 Å². The van der Waals surface area contributed by atoms with E-state index in [9.17, 15) is 4.79 Å². The highest BCUT2D eigenvalue weighted by Crippen LogP contribution is 2.08. The van der Waals surface area contributed by atoms with Crippen molar-refractivity contribution in [2.75, 3.05) is 39.9 Å². The van der Waals surface area contributed by atoms with Crippen molar-refractivity contribution >= 4 is 12.0 Å². The fraction of sp³-hybridized carbons (Fsp3) is 0.529. The number of nitrogens with one attached hydrogen (secondary N) is 1. The molecule has 1 heterocycles. The van der Waals surface area contributed by atoms with E-state index in [0.29, 0.717) is 5.57 Å². The summed E-state index contributed by atoms with van der Waals surface area (Å²) in [5.74, 6) is 0.0465. The van der Waals surface area contributed by atoms with Crippen LogP contribution in [0, 0.1) is 0 Å². The summed E-state index contributed by atoms with van der Waals surface area (Å²) in [7, 11) is 1.81. The molecule has 122 valence electrons. The highest BCUT2D eigenvalue weighted by Gasteiger charge is 2.11. The van der Waals surface area contributed by atoms with Crippen molar-refractivity contribution in [1.82, 2.24) is 10.2 Å². The number of hydrogen-bond donors (Lipinski definition) is 1. The number of ketones is 1. The molecule has 1 aliphatic heterocycles. The van der Waals surface area contributed by atoms with Gasteiger partial charge < -0.3 is 10.1 Å². The molecule has 0 atom stereocenters. The number of rotatable bonds is 7. The van der Waals surface area contributed by atoms with Crippen molar-refractivity contribution < 1.29 is 9.53 Å². The Morgan fingerprint density at radius 1 is 1.32 bits per heavy atom. The first-order valence-corrected chi connectivity index (χ1v) is 7.64. The summed E-state index contributed by atoms with van der Waals surface area (Å²) < 4.78 is 5.35. The molecule has 0 unspecified atom stereocenters. The molecule has 1 fully saturated rings. The smallest absolute Gasteiger partial charge is 0.161 e. The quantitative estimate of drug-likeness (QED) is 0.444. The first-order chi connectivity index (χ1) is 10.6. The van der Waals surface area contributed by atoms with Gasteiger partial charge >= 0.3 is 0 Å². The van der Waals surface area contributed by atoms with Gasteiger partial charge in [0.05, 0.1) is 18.9 Å². The van der Waals surface area contributed by atoms with Gasteiger partial charge in [0.15, 0.2) is 5.78 Å². The minimum Gasteiger partial charge on any atom is -0.391 e. The molecular weight excluding hydrogens is 278 g/mol. The van der Waals surface area contributed by atoms with Gasteiger partial charge in [0.1, 0.15) is 0 Å². The van der Waals surface area contributed by atoms with Crippen LogP contribution in [0.3, 0.4) is 0 Å². The normalized spacial score (nSPS) is 18.8. The van der Waals surface area contributed by atoms with E-state index in [1.165, 1.54) is 0 Å². The number of morpholine rings is 1. The zero-order chi connectivity index (χ0) is 16.4. The molecule has 0 radical (unpaired) electrons. The standard InChI is InChI=1S/C17H27N3O2/c1-5-19-16(13-20-9-11-22-12-10-20)7-6-8-17(15(3)21)14(2)18-4/h5-8,18H,9-13H2,1-4H3/b8-6+,16-7-,17-14+,19-5-. The van der Waals surface area contributed by atoms with Gasteiger partial charge in [-0.15, -0.1) is 0 Å². The summed E-state index contributed by atoms with van der Waals surface area (Å²) in [6.45, 7) is 9.57. The Bertz CT molecular complexity index is 484. The molecule has 0 saturated carbocycles. The second-order valence-electron chi connectivity index (χ2n) is 5.14. The maximum absolute atomic E-state index is 11.6. The van der Waals surface area contributed by atoms with Crippen molar-refractivity contribution in [2.24, 2.45) is 4.99 Å². The number of carbonyl (C=O) groups excluding carboxylic acids is 1. The molecule has 1 rings (SSSR count). The van der Waals surface area contributed by atoms with Crippen LogP contribution in [-0.4, -0.2) is 56.8 Å². The lowest BCUT2D eigenvalue weighted by Gasteiger charge is -2.26. The van der Waals surface area contributed by atoms with Crippen LogP contribution in [0.5, 0.6) is 0 Å². The Morgan fingerprint density at radius 2 is 2.00 bits per heavy atom. The second kappa shape index (κ2) is 10.1. The lowest BCUT2D eigenvalue weighted by Crippen LogP contribution is -2.37. The van der Waals surface area contributed by atoms with Crippen LogP contribution in [-0.2, 0) is 9.53 Å². The molecule has 0 spiro atoms. The highest BCUT2D eigenvalue weighted by molar-refractivity contribution is 5.96. The third-order valence-electron chi connectivity index (χ3n) is 3.49. The Hall–Kier alpha value is -1.72. The van der Waals surface area contributed by atoms with Gasteiger partial charge in [-0.25, -0.2) is 0 Å². The summed E-state index contributed by atoms with van der Waals surface area (Å²) in [4.78, 5) is 18.4. The zero-order valence-corrected chi connectivity index (χ0v) is 14.1. The number of carbonyl (C=O) groups is 1. The first-order valence-electron chi connectivity index (χ1n) is 7.64. The molecular formula is C17H27N3O2. The van der Waals surface area contributed by atoms with Gasteiger partial charge in [0.25, 0.3) is 0 Å². The van der Waals surface area contributed by atoms with E-state index in [1.54, 1.807) is 13.1 Å². The average molecular weight is 305 g/mol. The predicted octanol–water partition coefficient (Wildman–Crippen LogP) is 1.93. The summed E-state index contributed by atoms with van der Waals surface area (Å²) in [5, 5.41) is 3.01. The molecule has 0 aromatic rings. The van der Waals surface area contributed by atoms with Gasteiger partial charge in [-0.2, -0.15) is 0 Å². The predicted molar refractivity (Wildman–Crippen MR) is 91.1 cm³/mol. The zero-order valence-electron chi connectivity index (χ0n) is 14.1. The van der Waals surface area contributed by atoms with Crippen molar-refractivity contribution in [3.8, 4) is 0 Å². The summed E-state index contributed by atoms with van der Waals surface area (Å²) in [5.41, 5.74) is 2.53. The Labute approximate surface area is 133 Å². The van der Waals surface area contributed by atoms with Crippen LogP contribution >= 0.6 is 0 Å². The number of allylic oxidation sites excluding steroid dienone is 5. The minimum atomic E-state index is 0.0465. The third-order valence-corrected chi connectivity index (χ3v) is 3.49. The van der Waals surface area contributed by atoms with Crippen LogP contribution in [0.15, 0.2) is 40.2 Å². The molecule has 0 aromatic heterocycles. The monoisotopic (exact) mass is 305 g/mol. The fourth-order valence-electron chi connectivity index (χ4n) is 2.19. The van der Waals surface area contributed by atoms with Gasteiger partial charge in [-0.3, -0.25) is 14.7 Å². The molecule has 0 amide bonds. The van der Waals surface area contributed by atoms with E-state index in [0.717, 1.165) is 44.2 Å². The Morgan fingerprint density at radius 3 is 2.55 bits per heavy atom. The summed E-state index contributed by atoms with van der Waals surface area (Å²) in [6.07, 6.45) is 7.47. The molecule has 0 bridgehead atoms. The molecule has 1 saturated heterocycles. The molecule has 22 heavy (non-hydrogen) atoms. The molecule has 5 nitrogen and oxygen atoms in total. The molecule has 0 aromatic carbocycles. The van der Waals surface area contributed by atoms with Crippen LogP contribution in [0.4, 0.5) is 0 Å². The maximum Gasteiger partial charge on any atom is 0.161 e. The van der Waals surface area contributed by atoms with Gasteiger partial charge in [-0.1, -0.05) is 6.08 Å². The number of Topliss-reactive ketones (excluding diaryl/α,β-unsaturated/α-hetero) is 1. The van der Waals surface area contributed by atoms with Crippen molar-refractivity contribution in [3.05, 3.63) is 35.2 Å². The SMILES string of the molecule is C\C=N/C(=C\C=C\C(C(C)=O)=C(\C)NC)CN1CCOCC1. The summed E-state index contributed by atoms with van der Waals surface area (Å²) >= 11 is 0. The number of ether oxygens (including phenoxy) is 1. The van der Waals surface area contributed by atoms with E-state index in [4.69, 9.17) is 4.74 Å². The molecule has 0 aliphatic carbocycles. The van der Waals surface area contributed by atoms with Gasteiger partial charge in [-0.05, 0) is 32.9 Å². The van der Waals surface area contributed by atoms with E-state index >= 15 is 0 Å². The molecule has 1 aliphatic rings. The summed E-state index contributed by atoms with van der Waals surface area (Å²) in [6, 6.07) is 0. The Balaban J connectivity index is 2.79. The fourth-order valence-corrected chi connectivity index (χ4v) is 2.19. The largest absolute Gasteiger partial charge is 0.391 e. The lowest BCUT2D eigenvalue weighted by molar-refractivity contribution is -0.113. The van der Waals surface area contributed by atoms with E-state index in [1.807, 2.05) is 39.1 Å². The van der Waals surface area contributed by atoms with Crippen LogP contribution < -0.4 is 5.32 Å². The van der Waals surface area contributed by atoms with Crippen molar-refractivity contribution in [1.29, 1.82) is 0 Å². The van der Waals surface area contributed by atoms with Gasteiger partial charge in [0, 0.05) is 44.2 Å². The van der Waals surface area contributed by atoms with Gasteiger partial charge in [0.2, 0.25) is 0 Å². The third kappa shape index (κ3) is 6.37. The minimum absolute atomic E-state index is 0.0465.